The molecule has 5 heteroatoms. The zero-order valence-corrected chi connectivity index (χ0v) is 13.4. The van der Waals surface area contributed by atoms with E-state index in [9.17, 15) is 0 Å². The average molecular weight is 348 g/mol. The summed E-state index contributed by atoms with van der Waals surface area (Å²) >= 11 is 5.36. The topological polar surface area (TPSA) is 29.9 Å². The summed E-state index contributed by atoms with van der Waals surface area (Å²) in [6.45, 7) is 2.94. The summed E-state index contributed by atoms with van der Waals surface area (Å²) in [6.07, 6.45) is 3.74. The van der Waals surface area contributed by atoms with Crippen molar-refractivity contribution in [1.29, 1.82) is 0 Å². The van der Waals surface area contributed by atoms with Crippen LogP contribution in [0.25, 0.3) is 5.69 Å². The summed E-state index contributed by atoms with van der Waals surface area (Å²) in [5.74, 6) is 0. The third-order valence-electron chi connectivity index (χ3n) is 3.02. The number of hydrogen-bond acceptors (Lipinski definition) is 3. The molecule has 102 valence electrons. The first kappa shape index (κ1) is 13.4. The number of rotatable bonds is 4. The maximum Gasteiger partial charge on any atom is 0.0876 e. The first-order valence-corrected chi connectivity index (χ1v) is 7.93. The van der Waals surface area contributed by atoms with Gasteiger partial charge in [-0.1, -0.05) is 12.1 Å². The molecular formula is C15H14BrN3S. The highest BCUT2D eigenvalue weighted by Gasteiger charge is 2.06. The molecule has 2 aromatic heterocycles. The van der Waals surface area contributed by atoms with Crippen LogP contribution in [-0.4, -0.2) is 9.78 Å². The van der Waals surface area contributed by atoms with Crippen LogP contribution in [0.15, 0.2) is 53.3 Å². The SMILES string of the molecule is Cc1sc(CNc2ccccc2-n2cccn2)cc1Br. The van der Waals surface area contributed by atoms with Gasteiger partial charge in [-0.15, -0.1) is 11.3 Å². The molecule has 20 heavy (non-hydrogen) atoms. The number of para-hydroxylation sites is 2. The lowest BCUT2D eigenvalue weighted by atomic mass is 10.2. The van der Waals surface area contributed by atoms with Crippen molar-refractivity contribution in [3.05, 3.63) is 63.0 Å². The van der Waals surface area contributed by atoms with Gasteiger partial charge in [-0.2, -0.15) is 5.10 Å². The van der Waals surface area contributed by atoms with Crippen molar-refractivity contribution < 1.29 is 0 Å². The van der Waals surface area contributed by atoms with Crippen molar-refractivity contribution in [1.82, 2.24) is 9.78 Å². The minimum Gasteiger partial charge on any atom is -0.378 e. The lowest BCUT2D eigenvalue weighted by Gasteiger charge is -2.11. The maximum absolute atomic E-state index is 4.29. The van der Waals surface area contributed by atoms with E-state index in [4.69, 9.17) is 0 Å². The Kier molecular flexibility index (Phi) is 3.89. The summed E-state index contributed by atoms with van der Waals surface area (Å²) in [5.41, 5.74) is 2.14. The minimum atomic E-state index is 0.815. The largest absolute Gasteiger partial charge is 0.378 e. The number of halogens is 1. The highest BCUT2D eigenvalue weighted by Crippen LogP contribution is 2.27. The molecule has 3 nitrogen and oxygen atoms in total. The Morgan fingerprint density at radius 3 is 2.85 bits per heavy atom. The second-order valence-electron chi connectivity index (χ2n) is 4.44. The van der Waals surface area contributed by atoms with Gasteiger partial charge in [0, 0.05) is 33.2 Å². The normalized spacial score (nSPS) is 10.7. The van der Waals surface area contributed by atoms with E-state index in [2.05, 4.69) is 51.5 Å². The number of hydrogen-bond donors (Lipinski definition) is 1. The molecular weight excluding hydrogens is 334 g/mol. The molecule has 0 fully saturated rings. The fraction of sp³-hybridized carbons (Fsp3) is 0.133. The van der Waals surface area contributed by atoms with Crippen molar-refractivity contribution in [2.75, 3.05) is 5.32 Å². The second kappa shape index (κ2) is 5.81. The fourth-order valence-electron chi connectivity index (χ4n) is 2.02. The molecule has 0 aliphatic carbocycles. The number of nitrogens with one attached hydrogen (secondary N) is 1. The molecule has 3 aromatic rings. The predicted molar refractivity (Wildman–Crippen MR) is 87.6 cm³/mol. The summed E-state index contributed by atoms with van der Waals surface area (Å²) in [6, 6.07) is 12.3. The van der Waals surface area contributed by atoms with Crippen LogP contribution in [0.2, 0.25) is 0 Å². The molecule has 0 spiro atoms. The van der Waals surface area contributed by atoms with Crippen molar-refractivity contribution >= 4 is 33.0 Å². The summed E-state index contributed by atoms with van der Waals surface area (Å²) in [5, 5.41) is 7.78. The summed E-state index contributed by atoms with van der Waals surface area (Å²) in [4.78, 5) is 2.62. The van der Waals surface area contributed by atoms with Gasteiger partial charge < -0.3 is 5.32 Å². The zero-order valence-electron chi connectivity index (χ0n) is 11.0. The van der Waals surface area contributed by atoms with Crippen molar-refractivity contribution in [2.24, 2.45) is 0 Å². The van der Waals surface area contributed by atoms with Gasteiger partial charge in [-0.25, -0.2) is 4.68 Å². The number of thiophene rings is 1. The smallest absolute Gasteiger partial charge is 0.0876 e. The van der Waals surface area contributed by atoms with E-state index in [0.717, 1.165) is 17.9 Å². The lowest BCUT2D eigenvalue weighted by Crippen LogP contribution is -2.03. The molecule has 0 bridgehead atoms. The van der Waals surface area contributed by atoms with E-state index >= 15 is 0 Å². The van der Waals surface area contributed by atoms with Gasteiger partial charge >= 0.3 is 0 Å². The van der Waals surface area contributed by atoms with Crippen LogP contribution in [0.4, 0.5) is 5.69 Å². The van der Waals surface area contributed by atoms with E-state index in [0.29, 0.717) is 0 Å². The highest BCUT2D eigenvalue weighted by atomic mass is 79.9. The van der Waals surface area contributed by atoms with Crippen LogP contribution < -0.4 is 5.32 Å². The molecule has 0 amide bonds. The quantitative estimate of drug-likeness (QED) is 0.746. The molecule has 0 aliphatic heterocycles. The first-order chi connectivity index (χ1) is 9.74. The van der Waals surface area contributed by atoms with Gasteiger partial charge in [0.1, 0.15) is 0 Å². The van der Waals surface area contributed by atoms with Gasteiger partial charge in [-0.05, 0) is 47.1 Å². The van der Waals surface area contributed by atoms with E-state index in [-0.39, 0.29) is 0 Å². The van der Waals surface area contributed by atoms with Crippen LogP contribution in [0.3, 0.4) is 0 Å². The standard InChI is InChI=1S/C15H14BrN3S/c1-11-13(16)9-12(20-11)10-17-14-5-2-3-6-15(14)19-8-4-7-18-19/h2-9,17H,10H2,1H3. The highest BCUT2D eigenvalue weighted by molar-refractivity contribution is 9.10. The van der Waals surface area contributed by atoms with Crippen LogP contribution in [-0.2, 0) is 6.54 Å². The number of benzene rings is 1. The Bertz CT molecular complexity index is 684. The van der Waals surface area contributed by atoms with E-state index < -0.39 is 0 Å². The molecule has 3 rings (SSSR count). The van der Waals surface area contributed by atoms with E-state index in [1.54, 1.807) is 17.5 Å². The maximum atomic E-state index is 4.29. The van der Waals surface area contributed by atoms with Gasteiger partial charge in [0.15, 0.2) is 0 Å². The van der Waals surface area contributed by atoms with E-state index in [1.165, 1.54) is 14.2 Å². The number of aryl methyl sites for hydroxylation is 1. The number of aromatic nitrogens is 2. The van der Waals surface area contributed by atoms with Gasteiger partial charge in [0.05, 0.1) is 11.4 Å². The van der Waals surface area contributed by atoms with Gasteiger partial charge in [-0.3, -0.25) is 0 Å². The Hall–Kier alpha value is -1.59. The molecule has 0 unspecified atom stereocenters. The molecule has 0 radical (unpaired) electrons. The molecule has 0 saturated carbocycles. The zero-order chi connectivity index (χ0) is 13.9. The van der Waals surface area contributed by atoms with Crippen molar-refractivity contribution in [3.8, 4) is 5.69 Å². The Balaban J connectivity index is 1.81. The van der Waals surface area contributed by atoms with Gasteiger partial charge in [0.2, 0.25) is 0 Å². The first-order valence-electron chi connectivity index (χ1n) is 6.32. The van der Waals surface area contributed by atoms with Crippen LogP contribution in [0.5, 0.6) is 0 Å². The number of anilines is 1. The third kappa shape index (κ3) is 2.78. The van der Waals surface area contributed by atoms with Crippen molar-refractivity contribution in [2.45, 2.75) is 13.5 Å². The molecule has 2 heterocycles. The van der Waals surface area contributed by atoms with E-state index in [1.807, 2.05) is 29.1 Å². The van der Waals surface area contributed by atoms with Gasteiger partial charge in [0.25, 0.3) is 0 Å². The summed E-state index contributed by atoms with van der Waals surface area (Å²) < 4.78 is 3.05. The Morgan fingerprint density at radius 1 is 1.30 bits per heavy atom. The Morgan fingerprint density at radius 2 is 2.15 bits per heavy atom. The third-order valence-corrected chi connectivity index (χ3v) is 5.15. The molecule has 0 aliphatic rings. The number of nitrogens with zero attached hydrogens (tertiary/aromatic N) is 2. The predicted octanol–water partition coefficient (Wildman–Crippen LogP) is 4.62. The van der Waals surface area contributed by atoms with Crippen LogP contribution >= 0.6 is 27.3 Å². The fourth-order valence-corrected chi connectivity index (χ4v) is 3.56. The summed E-state index contributed by atoms with van der Waals surface area (Å²) in [7, 11) is 0. The van der Waals surface area contributed by atoms with Crippen molar-refractivity contribution in [3.63, 3.8) is 0 Å². The van der Waals surface area contributed by atoms with Crippen LogP contribution in [0, 0.1) is 6.92 Å². The van der Waals surface area contributed by atoms with Crippen LogP contribution in [0.1, 0.15) is 9.75 Å². The average Bonchev–Trinajstić information content (AvgIpc) is 3.08. The molecule has 1 aromatic carbocycles. The lowest BCUT2D eigenvalue weighted by molar-refractivity contribution is 0.879. The minimum absolute atomic E-state index is 0.815. The molecule has 0 atom stereocenters. The monoisotopic (exact) mass is 347 g/mol. The Labute approximate surface area is 130 Å². The molecule has 1 N–H and O–H groups in total. The second-order valence-corrected chi connectivity index (χ2v) is 6.63. The molecule has 0 saturated heterocycles.